The van der Waals surface area contributed by atoms with Gasteiger partial charge < -0.3 is 4.74 Å². The predicted octanol–water partition coefficient (Wildman–Crippen LogP) is 3.26. The Kier molecular flexibility index (Phi) is 5.59. The molecule has 0 aliphatic carbocycles. The van der Waals surface area contributed by atoms with E-state index in [4.69, 9.17) is 16.3 Å². The van der Waals surface area contributed by atoms with E-state index in [2.05, 4.69) is 0 Å². The zero-order chi connectivity index (χ0) is 12.8. The SMILES string of the molecule is COCC(C)CC(=O)Cc1cccc(F)c1Cl. The fourth-order valence-corrected chi connectivity index (χ4v) is 1.89. The smallest absolute Gasteiger partial charge is 0.142 e. The van der Waals surface area contributed by atoms with Crippen LogP contribution >= 0.6 is 11.6 Å². The molecule has 1 atom stereocenters. The number of hydrogen-bond acceptors (Lipinski definition) is 2. The van der Waals surface area contributed by atoms with Crippen molar-refractivity contribution in [3.8, 4) is 0 Å². The molecule has 0 saturated heterocycles. The zero-order valence-corrected chi connectivity index (χ0v) is 10.8. The van der Waals surface area contributed by atoms with Crippen molar-refractivity contribution in [3.63, 3.8) is 0 Å². The minimum absolute atomic E-state index is 0.0419. The van der Waals surface area contributed by atoms with E-state index in [9.17, 15) is 9.18 Å². The van der Waals surface area contributed by atoms with E-state index in [0.717, 1.165) is 0 Å². The Labute approximate surface area is 106 Å². The molecule has 1 rings (SSSR count). The van der Waals surface area contributed by atoms with Gasteiger partial charge in [0.1, 0.15) is 11.6 Å². The molecule has 0 radical (unpaired) electrons. The molecule has 0 aromatic heterocycles. The average Bonchev–Trinajstić information content (AvgIpc) is 2.25. The van der Waals surface area contributed by atoms with Crippen LogP contribution < -0.4 is 0 Å². The van der Waals surface area contributed by atoms with Crippen molar-refractivity contribution < 1.29 is 13.9 Å². The predicted molar refractivity (Wildman–Crippen MR) is 65.8 cm³/mol. The minimum Gasteiger partial charge on any atom is -0.384 e. The Balaban J connectivity index is 2.59. The van der Waals surface area contributed by atoms with Crippen LogP contribution in [-0.2, 0) is 16.0 Å². The second-order valence-corrected chi connectivity index (χ2v) is 4.57. The van der Waals surface area contributed by atoms with Gasteiger partial charge in [-0.15, -0.1) is 0 Å². The number of hydrogen-bond donors (Lipinski definition) is 0. The van der Waals surface area contributed by atoms with Crippen LogP contribution in [0.3, 0.4) is 0 Å². The van der Waals surface area contributed by atoms with E-state index >= 15 is 0 Å². The molecule has 2 nitrogen and oxygen atoms in total. The van der Waals surface area contributed by atoms with Gasteiger partial charge >= 0.3 is 0 Å². The molecule has 1 aromatic rings. The number of carbonyl (C=O) groups excluding carboxylic acids is 1. The number of carbonyl (C=O) groups is 1. The zero-order valence-electron chi connectivity index (χ0n) is 10.0. The molecule has 1 aromatic carbocycles. The minimum atomic E-state index is -0.484. The molecular weight excluding hydrogens is 243 g/mol. The lowest BCUT2D eigenvalue weighted by atomic mass is 10.0. The van der Waals surface area contributed by atoms with Gasteiger partial charge in [-0.2, -0.15) is 0 Å². The second kappa shape index (κ2) is 6.72. The number of Topliss-reactive ketones (excluding diaryl/α,β-unsaturated/α-hetero) is 1. The van der Waals surface area contributed by atoms with Crippen LogP contribution in [0, 0.1) is 11.7 Å². The summed E-state index contributed by atoms with van der Waals surface area (Å²) in [6.45, 7) is 2.48. The van der Waals surface area contributed by atoms with Gasteiger partial charge in [0.15, 0.2) is 0 Å². The number of halogens is 2. The summed E-state index contributed by atoms with van der Waals surface area (Å²) in [6, 6.07) is 4.51. The maximum absolute atomic E-state index is 13.1. The van der Waals surface area contributed by atoms with Crippen molar-refractivity contribution in [2.75, 3.05) is 13.7 Å². The first-order chi connectivity index (χ1) is 8.04. The van der Waals surface area contributed by atoms with Gasteiger partial charge in [0, 0.05) is 26.6 Å². The van der Waals surface area contributed by atoms with Gasteiger partial charge in [-0.25, -0.2) is 4.39 Å². The topological polar surface area (TPSA) is 26.3 Å². The quantitative estimate of drug-likeness (QED) is 0.783. The molecule has 0 aliphatic heterocycles. The maximum Gasteiger partial charge on any atom is 0.142 e. The molecule has 4 heteroatoms. The lowest BCUT2D eigenvalue weighted by Crippen LogP contribution is -2.12. The van der Waals surface area contributed by atoms with E-state index in [1.165, 1.54) is 6.07 Å². The van der Waals surface area contributed by atoms with Crippen LogP contribution in [0.5, 0.6) is 0 Å². The molecule has 0 N–H and O–H groups in total. The first kappa shape index (κ1) is 14.1. The molecule has 0 amide bonds. The Hall–Kier alpha value is -0.930. The van der Waals surface area contributed by atoms with Crippen molar-refractivity contribution in [2.45, 2.75) is 19.8 Å². The normalized spacial score (nSPS) is 12.5. The summed E-state index contributed by atoms with van der Waals surface area (Å²) < 4.78 is 18.1. The summed E-state index contributed by atoms with van der Waals surface area (Å²) in [7, 11) is 1.60. The molecule has 0 aliphatic rings. The molecule has 94 valence electrons. The van der Waals surface area contributed by atoms with Crippen LogP contribution in [0.25, 0.3) is 0 Å². The molecule has 0 spiro atoms. The maximum atomic E-state index is 13.1. The van der Waals surface area contributed by atoms with Gasteiger partial charge in [-0.3, -0.25) is 4.79 Å². The highest BCUT2D eigenvalue weighted by Gasteiger charge is 2.13. The number of rotatable bonds is 6. The molecule has 0 bridgehead atoms. The molecular formula is C13H16ClFO2. The third-order valence-electron chi connectivity index (χ3n) is 2.45. The fourth-order valence-electron chi connectivity index (χ4n) is 1.70. The highest BCUT2D eigenvalue weighted by atomic mass is 35.5. The van der Waals surface area contributed by atoms with E-state index < -0.39 is 5.82 Å². The Morgan fingerprint density at radius 3 is 2.88 bits per heavy atom. The third-order valence-corrected chi connectivity index (χ3v) is 2.87. The van der Waals surface area contributed by atoms with Crippen molar-refractivity contribution in [3.05, 3.63) is 34.6 Å². The van der Waals surface area contributed by atoms with Crippen LogP contribution in [0.4, 0.5) is 4.39 Å². The van der Waals surface area contributed by atoms with Crippen molar-refractivity contribution in [1.29, 1.82) is 0 Å². The largest absolute Gasteiger partial charge is 0.384 e. The van der Waals surface area contributed by atoms with Gasteiger partial charge in [-0.1, -0.05) is 30.7 Å². The lowest BCUT2D eigenvalue weighted by molar-refractivity contribution is -0.119. The van der Waals surface area contributed by atoms with E-state index in [1.807, 2.05) is 6.92 Å². The van der Waals surface area contributed by atoms with Gasteiger partial charge in [0.25, 0.3) is 0 Å². The number of ether oxygens (including phenoxy) is 1. The highest BCUT2D eigenvalue weighted by molar-refractivity contribution is 6.31. The van der Waals surface area contributed by atoms with Gasteiger partial charge in [-0.05, 0) is 17.5 Å². The average molecular weight is 259 g/mol. The Bertz CT molecular complexity index is 393. The van der Waals surface area contributed by atoms with Crippen LogP contribution in [-0.4, -0.2) is 19.5 Å². The first-order valence-electron chi connectivity index (χ1n) is 5.48. The standard InChI is InChI=1S/C13H16ClFO2/c1-9(8-17-2)6-11(16)7-10-4-3-5-12(15)13(10)14/h3-5,9H,6-8H2,1-2H3. The van der Waals surface area contributed by atoms with Crippen LogP contribution in [0.2, 0.25) is 5.02 Å². The Morgan fingerprint density at radius 2 is 2.24 bits per heavy atom. The molecule has 17 heavy (non-hydrogen) atoms. The summed E-state index contributed by atoms with van der Waals surface area (Å²) in [5.41, 5.74) is 0.543. The third kappa shape index (κ3) is 4.44. The lowest BCUT2D eigenvalue weighted by Gasteiger charge is -2.09. The first-order valence-corrected chi connectivity index (χ1v) is 5.86. The molecule has 1 unspecified atom stereocenters. The second-order valence-electron chi connectivity index (χ2n) is 4.19. The van der Waals surface area contributed by atoms with Gasteiger partial charge in [0.05, 0.1) is 5.02 Å². The van der Waals surface area contributed by atoms with E-state index in [0.29, 0.717) is 18.6 Å². The van der Waals surface area contributed by atoms with Crippen molar-refractivity contribution in [2.24, 2.45) is 5.92 Å². The highest BCUT2D eigenvalue weighted by Crippen LogP contribution is 2.21. The summed E-state index contributed by atoms with van der Waals surface area (Å²) in [6.07, 6.45) is 0.589. The summed E-state index contributed by atoms with van der Waals surface area (Å²) in [5.74, 6) is -0.274. The van der Waals surface area contributed by atoms with E-state index in [1.54, 1.807) is 19.2 Å². The monoisotopic (exact) mass is 258 g/mol. The summed E-state index contributed by atoms with van der Waals surface area (Å²) in [5, 5.41) is 0.0419. The van der Waals surface area contributed by atoms with Crippen molar-refractivity contribution in [1.82, 2.24) is 0 Å². The summed E-state index contributed by atoms with van der Waals surface area (Å²) >= 11 is 5.78. The molecule has 0 heterocycles. The van der Waals surface area contributed by atoms with Gasteiger partial charge in [0.2, 0.25) is 0 Å². The Morgan fingerprint density at radius 1 is 1.53 bits per heavy atom. The molecule has 0 fully saturated rings. The van der Waals surface area contributed by atoms with E-state index in [-0.39, 0.29) is 23.1 Å². The number of benzene rings is 1. The summed E-state index contributed by atoms with van der Waals surface area (Å²) in [4.78, 5) is 11.7. The number of ketones is 1. The van der Waals surface area contributed by atoms with Crippen LogP contribution in [0.15, 0.2) is 18.2 Å². The fraction of sp³-hybridized carbons (Fsp3) is 0.462. The number of methoxy groups -OCH3 is 1. The van der Waals surface area contributed by atoms with Crippen molar-refractivity contribution >= 4 is 17.4 Å². The van der Waals surface area contributed by atoms with Crippen LogP contribution in [0.1, 0.15) is 18.9 Å². The molecule has 0 saturated carbocycles.